The molecule has 5 rings (SSSR count). The lowest BCUT2D eigenvalue weighted by Gasteiger charge is -2.36. The third-order valence-corrected chi connectivity index (χ3v) is 6.89. The molecule has 3 aromatic carbocycles. The maximum atomic E-state index is 9.55. The van der Waals surface area contributed by atoms with E-state index in [1.165, 1.54) is 39.0 Å². The van der Waals surface area contributed by atoms with Crippen molar-refractivity contribution in [2.24, 2.45) is 0 Å². The lowest BCUT2D eigenvalue weighted by atomic mass is 10.1. The van der Waals surface area contributed by atoms with Crippen LogP contribution in [0.1, 0.15) is 16.7 Å². The SMILES string of the molecule is Cc1cccc(-n2cc(CN3CCN(c4ccccc4)CC3)c3ccccc32)c1C.O=C(O)/C=C/C(=O)O. The van der Waals surface area contributed by atoms with Crippen LogP contribution < -0.4 is 4.90 Å². The van der Waals surface area contributed by atoms with Gasteiger partial charge in [-0.1, -0.05) is 48.5 Å². The fraction of sp³-hybridized carbons (Fsp3) is 0.226. The molecule has 1 aliphatic heterocycles. The first-order valence-corrected chi connectivity index (χ1v) is 12.7. The molecule has 2 N–H and O–H groups in total. The van der Waals surface area contributed by atoms with Gasteiger partial charge >= 0.3 is 11.9 Å². The molecule has 0 aliphatic carbocycles. The van der Waals surface area contributed by atoms with Gasteiger partial charge in [0.25, 0.3) is 0 Å². The van der Waals surface area contributed by atoms with Gasteiger partial charge in [0, 0.05) is 67.8 Å². The van der Waals surface area contributed by atoms with E-state index in [2.05, 4.69) is 107 Å². The highest BCUT2D eigenvalue weighted by Crippen LogP contribution is 2.29. The Morgan fingerprint density at radius 2 is 1.42 bits per heavy atom. The zero-order valence-electron chi connectivity index (χ0n) is 21.7. The Morgan fingerprint density at radius 1 is 0.789 bits per heavy atom. The number of hydrogen-bond acceptors (Lipinski definition) is 4. The average Bonchev–Trinajstić information content (AvgIpc) is 3.28. The molecule has 0 saturated carbocycles. The van der Waals surface area contributed by atoms with Crippen LogP contribution in [0, 0.1) is 13.8 Å². The first-order chi connectivity index (χ1) is 18.3. The van der Waals surface area contributed by atoms with E-state index in [9.17, 15) is 9.59 Å². The number of aryl methyl sites for hydroxylation is 1. The number of nitrogens with zero attached hydrogens (tertiary/aromatic N) is 3. The van der Waals surface area contributed by atoms with Gasteiger partial charge in [0.2, 0.25) is 0 Å². The van der Waals surface area contributed by atoms with E-state index in [4.69, 9.17) is 10.2 Å². The van der Waals surface area contributed by atoms with Crippen LogP contribution in [-0.2, 0) is 16.1 Å². The fourth-order valence-corrected chi connectivity index (χ4v) is 4.76. The van der Waals surface area contributed by atoms with E-state index in [1.54, 1.807) is 0 Å². The lowest BCUT2D eigenvalue weighted by Crippen LogP contribution is -2.45. The van der Waals surface area contributed by atoms with Crippen molar-refractivity contribution < 1.29 is 19.8 Å². The van der Waals surface area contributed by atoms with E-state index in [0.717, 1.165) is 32.7 Å². The Bertz CT molecular complexity index is 1420. The second-order valence-electron chi connectivity index (χ2n) is 9.37. The Balaban J connectivity index is 0.000000368. The zero-order valence-corrected chi connectivity index (χ0v) is 21.7. The molecule has 4 aromatic rings. The molecule has 0 bridgehead atoms. The first-order valence-electron chi connectivity index (χ1n) is 12.7. The number of anilines is 1. The van der Waals surface area contributed by atoms with Gasteiger partial charge in [-0.15, -0.1) is 0 Å². The number of benzene rings is 3. The maximum absolute atomic E-state index is 9.55. The summed E-state index contributed by atoms with van der Waals surface area (Å²) in [5.74, 6) is -2.51. The van der Waals surface area contributed by atoms with Gasteiger partial charge < -0.3 is 19.7 Å². The van der Waals surface area contributed by atoms with Gasteiger partial charge in [0.15, 0.2) is 0 Å². The number of rotatable bonds is 6. The van der Waals surface area contributed by atoms with Crippen LogP contribution in [0.4, 0.5) is 5.69 Å². The Kier molecular flexibility index (Phi) is 8.61. The maximum Gasteiger partial charge on any atom is 0.328 e. The Morgan fingerprint density at radius 3 is 2.08 bits per heavy atom. The van der Waals surface area contributed by atoms with E-state index < -0.39 is 11.9 Å². The number of carbonyl (C=O) groups is 2. The predicted octanol–water partition coefficient (Wildman–Crippen LogP) is 5.28. The Hall–Kier alpha value is -4.36. The van der Waals surface area contributed by atoms with Crippen molar-refractivity contribution in [1.82, 2.24) is 9.47 Å². The number of carboxylic acid groups (broad SMARTS) is 2. The summed E-state index contributed by atoms with van der Waals surface area (Å²) in [5.41, 5.74) is 8.02. The van der Waals surface area contributed by atoms with Crippen LogP contribution in [0.2, 0.25) is 0 Å². The summed E-state index contributed by atoms with van der Waals surface area (Å²) in [5, 5.41) is 17.0. The van der Waals surface area contributed by atoms with Crippen LogP contribution in [0.25, 0.3) is 16.6 Å². The molecule has 0 radical (unpaired) electrons. The molecular formula is C31H33N3O4. The minimum absolute atomic E-state index is 0.558. The molecule has 0 spiro atoms. The van der Waals surface area contributed by atoms with E-state index >= 15 is 0 Å². The van der Waals surface area contributed by atoms with Gasteiger partial charge in [0.05, 0.1) is 5.52 Å². The molecule has 1 aliphatic rings. The van der Waals surface area contributed by atoms with Crippen LogP contribution in [0.5, 0.6) is 0 Å². The number of fused-ring (bicyclic) bond motifs is 1. The number of aliphatic carboxylic acids is 2. The second-order valence-corrected chi connectivity index (χ2v) is 9.37. The normalized spacial score (nSPS) is 13.9. The predicted molar refractivity (Wildman–Crippen MR) is 151 cm³/mol. The molecule has 1 aromatic heterocycles. The summed E-state index contributed by atoms with van der Waals surface area (Å²) in [6, 6.07) is 26.2. The molecule has 196 valence electrons. The number of piperazine rings is 1. The average molecular weight is 512 g/mol. The van der Waals surface area contributed by atoms with Gasteiger partial charge in [-0.05, 0) is 54.8 Å². The fourth-order valence-electron chi connectivity index (χ4n) is 4.76. The number of para-hydroxylation sites is 2. The van der Waals surface area contributed by atoms with Crippen LogP contribution in [0.3, 0.4) is 0 Å². The van der Waals surface area contributed by atoms with E-state index in [1.807, 2.05) is 0 Å². The standard InChI is InChI=1S/C27H29N3.C4H4O4/c1-21-9-8-14-26(22(21)2)30-20-23(25-12-6-7-13-27(25)30)19-28-15-17-29(18-16-28)24-10-4-3-5-11-24;5-3(6)1-2-4(7)8/h3-14,20H,15-19H2,1-2H3;1-2H,(H,5,6)(H,7,8)/b;2-1+. The largest absolute Gasteiger partial charge is 0.478 e. The molecule has 0 atom stereocenters. The number of aromatic nitrogens is 1. The summed E-state index contributed by atoms with van der Waals surface area (Å²) in [6.45, 7) is 9.77. The van der Waals surface area contributed by atoms with E-state index in [0.29, 0.717) is 12.2 Å². The highest BCUT2D eigenvalue weighted by Gasteiger charge is 2.19. The molecule has 2 heterocycles. The molecule has 7 nitrogen and oxygen atoms in total. The topological polar surface area (TPSA) is 86.0 Å². The molecule has 0 amide bonds. The summed E-state index contributed by atoms with van der Waals surface area (Å²) in [4.78, 5) is 24.2. The molecule has 1 fully saturated rings. The third-order valence-electron chi connectivity index (χ3n) is 6.89. The summed E-state index contributed by atoms with van der Waals surface area (Å²) in [6.07, 6.45) is 3.47. The van der Waals surface area contributed by atoms with Crippen molar-refractivity contribution in [2.75, 3.05) is 31.1 Å². The minimum atomic E-state index is -1.26. The summed E-state index contributed by atoms with van der Waals surface area (Å²) in [7, 11) is 0. The van der Waals surface area contributed by atoms with Gasteiger partial charge in [-0.2, -0.15) is 0 Å². The van der Waals surface area contributed by atoms with Crippen molar-refractivity contribution >= 4 is 28.5 Å². The monoisotopic (exact) mass is 511 g/mol. The highest BCUT2D eigenvalue weighted by atomic mass is 16.4. The third kappa shape index (κ3) is 6.49. The molecular weight excluding hydrogens is 478 g/mol. The summed E-state index contributed by atoms with van der Waals surface area (Å²) < 4.78 is 2.38. The highest BCUT2D eigenvalue weighted by molar-refractivity contribution is 5.89. The van der Waals surface area contributed by atoms with Crippen LogP contribution in [0.15, 0.2) is 91.1 Å². The second kappa shape index (κ2) is 12.3. The van der Waals surface area contributed by atoms with E-state index in [-0.39, 0.29) is 0 Å². The van der Waals surface area contributed by atoms with Crippen molar-refractivity contribution in [3.05, 3.63) is 108 Å². The smallest absolute Gasteiger partial charge is 0.328 e. The summed E-state index contributed by atoms with van der Waals surface area (Å²) >= 11 is 0. The van der Waals surface area contributed by atoms with Crippen molar-refractivity contribution in [2.45, 2.75) is 20.4 Å². The molecule has 1 saturated heterocycles. The first kappa shape index (κ1) is 26.7. The Labute approximate surface area is 222 Å². The lowest BCUT2D eigenvalue weighted by molar-refractivity contribution is -0.134. The number of hydrogen-bond donors (Lipinski definition) is 2. The van der Waals surface area contributed by atoms with Gasteiger partial charge in [0.1, 0.15) is 0 Å². The van der Waals surface area contributed by atoms with Crippen molar-refractivity contribution in [3.63, 3.8) is 0 Å². The van der Waals surface area contributed by atoms with Gasteiger partial charge in [-0.3, -0.25) is 4.90 Å². The zero-order chi connectivity index (χ0) is 27.1. The quantitative estimate of drug-likeness (QED) is 0.343. The van der Waals surface area contributed by atoms with Crippen molar-refractivity contribution in [3.8, 4) is 5.69 Å². The van der Waals surface area contributed by atoms with Gasteiger partial charge in [-0.25, -0.2) is 9.59 Å². The van der Waals surface area contributed by atoms with Crippen LogP contribution in [-0.4, -0.2) is 57.8 Å². The van der Waals surface area contributed by atoms with Crippen molar-refractivity contribution in [1.29, 1.82) is 0 Å². The number of carboxylic acids is 2. The molecule has 7 heteroatoms. The molecule has 0 unspecified atom stereocenters. The molecule has 38 heavy (non-hydrogen) atoms. The minimum Gasteiger partial charge on any atom is -0.478 e. The van der Waals surface area contributed by atoms with Crippen LogP contribution >= 0.6 is 0 Å².